The third-order valence-corrected chi connectivity index (χ3v) is 5.60. The molecule has 5 nitrogen and oxygen atoms in total. The van der Waals surface area contributed by atoms with Crippen molar-refractivity contribution >= 4 is 17.7 Å². The van der Waals surface area contributed by atoms with Crippen LogP contribution in [0.3, 0.4) is 0 Å². The summed E-state index contributed by atoms with van der Waals surface area (Å²) < 4.78 is 5.94. The molecule has 1 amide bonds. The van der Waals surface area contributed by atoms with E-state index in [0.717, 1.165) is 42.3 Å². The van der Waals surface area contributed by atoms with E-state index in [4.69, 9.17) is 4.74 Å². The number of carbonyl (C=O) groups is 1. The van der Waals surface area contributed by atoms with Gasteiger partial charge in [0.2, 0.25) is 0 Å². The van der Waals surface area contributed by atoms with Gasteiger partial charge in [0.25, 0.3) is 5.91 Å². The smallest absolute Gasteiger partial charge is 0.264 e. The molecular formula is C17H19N3O2S. The third kappa shape index (κ3) is 2.95. The summed E-state index contributed by atoms with van der Waals surface area (Å²) in [5, 5.41) is 7.06. The molecule has 2 unspecified atom stereocenters. The molecular weight excluding hydrogens is 310 g/mol. The van der Waals surface area contributed by atoms with Crippen LogP contribution in [0.2, 0.25) is 0 Å². The number of para-hydroxylation sites is 1. The Morgan fingerprint density at radius 3 is 3.13 bits per heavy atom. The van der Waals surface area contributed by atoms with Crippen LogP contribution in [0.4, 0.5) is 0 Å². The Bertz CT molecular complexity index is 689. The van der Waals surface area contributed by atoms with Crippen molar-refractivity contribution in [2.45, 2.75) is 29.8 Å². The summed E-state index contributed by atoms with van der Waals surface area (Å²) >= 11 is 1.70. The van der Waals surface area contributed by atoms with Crippen molar-refractivity contribution in [1.29, 1.82) is 0 Å². The molecule has 2 aliphatic heterocycles. The number of rotatable bonds is 2. The topological polar surface area (TPSA) is 58.2 Å². The molecule has 2 aromatic rings. The van der Waals surface area contributed by atoms with Crippen LogP contribution in [0.15, 0.2) is 41.4 Å². The lowest BCUT2D eigenvalue weighted by Gasteiger charge is -2.35. The zero-order valence-corrected chi connectivity index (χ0v) is 13.6. The Balaban J connectivity index is 1.45. The lowest BCUT2D eigenvalue weighted by Crippen LogP contribution is -2.48. The number of aromatic amines is 1. The Kier molecular flexibility index (Phi) is 3.99. The Morgan fingerprint density at radius 1 is 1.35 bits per heavy atom. The predicted molar refractivity (Wildman–Crippen MR) is 88.7 cm³/mol. The first kappa shape index (κ1) is 14.6. The Morgan fingerprint density at radius 2 is 2.26 bits per heavy atom. The van der Waals surface area contributed by atoms with E-state index in [-0.39, 0.29) is 12.0 Å². The molecule has 0 radical (unpaired) electrons. The fourth-order valence-electron chi connectivity index (χ4n) is 3.27. The number of benzene rings is 1. The zero-order valence-electron chi connectivity index (χ0n) is 12.8. The number of carbonyl (C=O) groups excluding carboxylic acids is 1. The fourth-order valence-corrected chi connectivity index (χ4v) is 4.24. The van der Waals surface area contributed by atoms with Crippen LogP contribution < -0.4 is 4.74 Å². The second kappa shape index (κ2) is 6.28. The lowest BCUT2D eigenvalue weighted by molar-refractivity contribution is -0.139. The molecule has 23 heavy (non-hydrogen) atoms. The number of likely N-dealkylation sites (tertiary alicyclic amines) is 1. The molecule has 1 fully saturated rings. The van der Waals surface area contributed by atoms with Gasteiger partial charge in [-0.2, -0.15) is 5.10 Å². The fraction of sp³-hybridized carbons (Fsp3) is 0.412. The van der Waals surface area contributed by atoms with Gasteiger partial charge in [-0.1, -0.05) is 12.1 Å². The highest BCUT2D eigenvalue weighted by molar-refractivity contribution is 7.99. The number of thioether (sulfide) groups is 1. The summed E-state index contributed by atoms with van der Waals surface area (Å²) in [4.78, 5) is 15.9. The van der Waals surface area contributed by atoms with Gasteiger partial charge in [-0.3, -0.25) is 9.89 Å². The summed E-state index contributed by atoms with van der Waals surface area (Å²) in [6.45, 7) is 1.56. The summed E-state index contributed by atoms with van der Waals surface area (Å²) in [5.41, 5.74) is 1.12. The number of fused-ring (bicyclic) bond motifs is 1. The van der Waals surface area contributed by atoms with Crippen LogP contribution in [0.5, 0.6) is 5.75 Å². The van der Waals surface area contributed by atoms with Gasteiger partial charge < -0.3 is 9.64 Å². The third-order valence-electron chi connectivity index (χ3n) is 4.48. The Hall–Kier alpha value is -1.95. The summed E-state index contributed by atoms with van der Waals surface area (Å²) in [6.07, 6.45) is 3.50. The number of aromatic nitrogens is 2. The molecule has 1 N–H and O–H groups in total. The number of H-pyrrole nitrogens is 1. The minimum absolute atomic E-state index is 0.108. The van der Waals surface area contributed by atoms with E-state index in [1.165, 1.54) is 0 Å². The van der Waals surface area contributed by atoms with Gasteiger partial charge in [0.05, 0.1) is 0 Å². The van der Waals surface area contributed by atoms with Crippen molar-refractivity contribution in [3.05, 3.63) is 42.2 Å². The molecule has 0 saturated carbocycles. The molecule has 120 valence electrons. The van der Waals surface area contributed by atoms with Crippen molar-refractivity contribution in [2.75, 3.05) is 18.8 Å². The Labute approximate surface area is 139 Å². The zero-order chi connectivity index (χ0) is 15.6. The van der Waals surface area contributed by atoms with Gasteiger partial charge in [0.15, 0.2) is 6.10 Å². The molecule has 2 atom stereocenters. The quantitative estimate of drug-likeness (QED) is 0.920. The van der Waals surface area contributed by atoms with Crippen LogP contribution >= 0.6 is 11.8 Å². The van der Waals surface area contributed by atoms with Crippen LogP contribution in [0, 0.1) is 0 Å². The molecule has 0 aliphatic carbocycles. The normalized spacial score (nSPS) is 23.9. The number of piperidine rings is 1. The van der Waals surface area contributed by atoms with Crippen molar-refractivity contribution in [3.8, 4) is 5.75 Å². The first-order valence-corrected chi connectivity index (χ1v) is 8.96. The van der Waals surface area contributed by atoms with Gasteiger partial charge >= 0.3 is 0 Å². The van der Waals surface area contributed by atoms with E-state index in [9.17, 15) is 4.79 Å². The number of nitrogens with one attached hydrogen (secondary N) is 1. The van der Waals surface area contributed by atoms with Crippen molar-refractivity contribution in [2.24, 2.45) is 0 Å². The second-order valence-corrected chi connectivity index (χ2v) is 7.06. The van der Waals surface area contributed by atoms with E-state index < -0.39 is 0 Å². The van der Waals surface area contributed by atoms with Gasteiger partial charge in [-0.25, -0.2) is 0 Å². The van der Waals surface area contributed by atoms with Gasteiger partial charge in [-0.05, 0) is 31.0 Å². The monoisotopic (exact) mass is 329 g/mol. The average Bonchev–Trinajstić information content (AvgIpc) is 3.15. The minimum Gasteiger partial charge on any atom is -0.479 e. The minimum atomic E-state index is -0.379. The van der Waals surface area contributed by atoms with E-state index in [0.29, 0.717) is 11.7 Å². The number of nitrogens with zero attached hydrogens (tertiary/aromatic N) is 2. The highest BCUT2D eigenvalue weighted by Gasteiger charge is 2.33. The number of hydrogen-bond donors (Lipinski definition) is 1. The van der Waals surface area contributed by atoms with E-state index in [2.05, 4.69) is 10.2 Å². The van der Waals surface area contributed by atoms with Crippen molar-refractivity contribution in [1.82, 2.24) is 15.1 Å². The maximum absolute atomic E-state index is 12.8. The van der Waals surface area contributed by atoms with Gasteiger partial charge in [-0.15, -0.1) is 11.8 Å². The molecule has 1 saturated heterocycles. The van der Waals surface area contributed by atoms with Gasteiger partial charge in [0.1, 0.15) is 5.75 Å². The first-order valence-electron chi connectivity index (χ1n) is 7.98. The standard InChI is InChI=1S/C17H19N3O2S/c21-17(15-11-23-16-6-2-1-5-14(16)22-15)20-9-3-4-12(10-20)13-7-8-18-19-13/h1-2,5-8,12,15H,3-4,9-11H2,(H,18,19). The molecule has 1 aromatic carbocycles. The first-order chi connectivity index (χ1) is 11.3. The van der Waals surface area contributed by atoms with Crippen LogP contribution in [0.25, 0.3) is 0 Å². The molecule has 4 rings (SSSR count). The maximum atomic E-state index is 12.8. The van der Waals surface area contributed by atoms with Crippen LogP contribution in [0.1, 0.15) is 24.5 Å². The van der Waals surface area contributed by atoms with E-state index in [1.54, 1.807) is 18.0 Å². The molecule has 3 heterocycles. The summed E-state index contributed by atoms with van der Waals surface area (Å²) in [6, 6.07) is 9.92. The van der Waals surface area contributed by atoms with Crippen LogP contribution in [-0.4, -0.2) is 46.0 Å². The maximum Gasteiger partial charge on any atom is 0.264 e. The molecule has 0 spiro atoms. The predicted octanol–water partition coefficient (Wildman–Crippen LogP) is 2.67. The van der Waals surface area contributed by atoms with E-state index in [1.807, 2.05) is 35.2 Å². The highest BCUT2D eigenvalue weighted by Crippen LogP contribution is 2.36. The SMILES string of the molecule is O=C(C1CSc2ccccc2O1)N1CCCC(c2ccn[nH]2)C1. The number of hydrogen-bond acceptors (Lipinski definition) is 4. The lowest BCUT2D eigenvalue weighted by atomic mass is 9.94. The molecule has 1 aromatic heterocycles. The average molecular weight is 329 g/mol. The van der Waals surface area contributed by atoms with Crippen LogP contribution in [-0.2, 0) is 4.79 Å². The van der Waals surface area contributed by atoms with Crippen molar-refractivity contribution < 1.29 is 9.53 Å². The van der Waals surface area contributed by atoms with Crippen molar-refractivity contribution in [3.63, 3.8) is 0 Å². The van der Waals surface area contributed by atoms with E-state index >= 15 is 0 Å². The van der Waals surface area contributed by atoms with Gasteiger partial charge in [0, 0.05) is 41.5 Å². The second-order valence-electron chi connectivity index (χ2n) is 6.00. The summed E-state index contributed by atoms with van der Waals surface area (Å²) in [7, 11) is 0. The largest absolute Gasteiger partial charge is 0.479 e. The number of amides is 1. The molecule has 2 aliphatic rings. The highest BCUT2D eigenvalue weighted by atomic mass is 32.2. The molecule has 0 bridgehead atoms. The molecule has 6 heteroatoms. The number of ether oxygens (including phenoxy) is 1. The summed E-state index contributed by atoms with van der Waals surface area (Å²) in [5.74, 6) is 1.96.